The predicted octanol–water partition coefficient (Wildman–Crippen LogP) is -1.32. The number of carbonyl (C=O) groups is 1. The molecular weight excluding hydrogens is 364 g/mol. The zero-order valence-corrected chi connectivity index (χ0v) is 17.0. The van der Waals surface area contributed by atoms with Crippen molar-refractivity contribution in [3.63, 3.8) is 0 Å². The number of carbonyl (C=O) groups excluding carboxylic acids is 1. The van der Waals surface area contributed by atoms with Crippen LogP contribution >= 0.6 is 0 Å². The van der Waals surface area contributed by atoms with Crippen molar-refractivity contribution in [2.75, 3.05) is 75.9 Å². The Balaban J connectivity index is 2.11. The first-order chi connectivity index (χ1) is 13.4. The molecule has 1 saturated heterocycles. The van der Waals surface area contributed by atoms with E-state index in [1.807, 2.05) is 0 Å². The second kappa shape index (κ2) is 10.9. The Morgan fingerprint density at radius 3 is 2.46 bits per heavy atom. The Bertz CT molecular complexity index is 622. The molecule has 0 unspecified atom stereocenters. The van der Waals surface area contributed by atoms with Crippen LogP contribution in [0, 0.1) is 0 Å². The Labute approximate surface area is 166 Å². The molecule has 28 heavy (non-hydrogen) atoms. The Hall–Kier alpha value is -2.24. The molecule has 0 saturated carbocycles. The van der Waals surface area contributed by atoms with Gasteiger partial charge in [-0.15, -0.1) is 0 Å². The molecule has 0 bridgehead atoms. The third-order valence-corrected chi connectivity index (χ3v) is 4.37. The van der Waals surface area contributed by atoms with Gasteiger partial charge in [0, 0.05) is 45.8 Å². The molecule has 0 spiro atoms. The minimum Gasteiger partial charge on any atom is -0.461 e. The summed E-state index contributed by atoms with van der Waals surface area (Å²) in [4.78, 5) is 30.6. The average Bonchev–Trinajstić information content (AvgIpc) is 2.67. The second-order valence-corrected chi connectivity index (χ2v) is 6.91. The maximum Gasteiger partial charge on any atom is 0.323 e. The summed E-state index contributed by atoms with van der Waals surface area (Å²) in [6.45, 7) is 9.46. The second-order valence-electron chi connectivity index (χ2n) is 6.91. The van der Waals surface area contributed by atoms with Gasteiger partial charge in [-0.05, 0) is 13.8 Å². The number of hydrogen-bond donors (Lipinski definition) is 2. The van der Waals surface area contributed by atoms with Crippen LogP contribution < -0.4 is 26.0 Å². The van der Waals surface area contributed by atoms with E-state index in [0.717, 1.165) is 26.2 Å². The van der Waals surface area contributed by atoms with E-state index >= 15 is 0 Å². The Morgan fingerprint density at radius 1 is 1.14 bits per heavy atom. The summed E-state index contributed by atoms with van der Waals surface area (Å²) < 4.78 is 10.9. The van der Waals surface area contributed by atoms with Crippen LogP contribution in [0.1, 0.15) is 13.8 Å². The number of amides is 1. The molecule has 2 heterocycles. The number of anilines is 2. The highest BCUT2D eigenvalue weighted by Crippen LogP contribution is 2.19. The summed E-state index contributed by atoms with van der Waals surface area (Å²) in [6, 6.07) is 0.698. The van der Waals surface area contributed by atoms with Crippen LogP contribution in [0.4, 0.5) is 11.9 Å². The van der Waals surface area contributed by atoms with Crippen molar-refractivity contribution in [1.82, 2.24) is 19.9 Å². The molecule has 0 radical (unpaired) electrons. The number of ether oxygens (including phenoxy) is 2. The van der Waals surface area contributed by atoms with Crippen molar-refractivity contribution in [2.45, 2.75) is 19.9 Å². The van der Waals surface area contributed by atoms with Gasteiger partial charge in [0.05, 0.1) is 19.8 Å². The van der Waals surface area contributed by atoms with Gasteiger partial charge in [0.1, 0.15) is 6.61 Å². The molecule has 1 aliphatic heterocycles. The molecule has 0 atom stereocenters. The summed E-state index contributed by atoms with van der Waals surface area (Å²) in [5.74, 6) is 0.406. The van der Waals surface area contributed by atoms with Crippen LogP contribution in [0.25, 0.3) is 0 Å². The van der Waals surface area contributed by atoms with Crippen molar-refractivity contribution in [3.8, 4) is 6.01 Å². The first kappa shape index (κ1) is 22.1. The van der Waals surface area contributed by atoms with Crippen molar-refractivity contribution in [3.05, 3.63) is 0 Å². The number of piperazine rings is 1. The molecule has 2 rings (SSSR count). The Morgan fingerprint density at radius 2 is 1.86 bits per heavy atom. The summed E-state index contributed by atoms with van der Waals surface area (Å²) in [6.07, 6.45) is 0. The zero-order valence-electron chi connectivity index (χ0n) is 17.0. The molecule has 4 N–H and O–H groups in total. The SMILES string of the molecule is CC(C)N1CCN(c2nc(OCCOCCN)nc(N(C)CC(N)=O)n2)CC1. The summed E-state index contributed by atoms with van der Waals surface area (Å²) in [7, 11) is 1.70. The largest absolute Gasteiger partial charge is 0.461 e. The highest BCUT2D eigenvalue weighted by atomic mass is 16.5. The molecule has 1 aromatic rings. The molecule has 1 aromatic heterocycles. The van der Waals surface area contributed by atoms with Gasteiger partial charge in [-0.25, -0.2) is 0 Å². The van der Waals surface area contributed by atoms with Gasteiger partial charge in [0.25, 0.3) is 0 Å². The quantitative estimate of drug-likeness (QED) is 0.433. The number of likely N-dealkylation sites (N-methyl/N-ethyl adjacent to an activating group) is 1. The summed E-state index contributed by atoms with van der Waals surface area (Å²) >= 11 is 0. The molecule has 1 aliphatic rings. The Kier molecular flexibility index (Phi) is 8.61. The van der Waals surface area contributed by atoms with Crippen molar-refractivity contribution >= 4 is 17.8 Å². The number of rotatable bonds is 11. The van der Waals surface area contributed by atoms with Crippen LogP contribution in [0.15, 0.2) is 0 Å². The van der Waals surface area contributed by atoms with Gasteiger partial charge in [0.15, 0.2) is 0 Å². The van der Waals surface area contributed by atoms with E-state index in [4.69, 9.17) is 20.9 Å². The van der Waals surface area contributed by atoms with Crippen LogP contribution in [0.5, 0.6) is 6.01 Å². The van der Waals surface area contributed by atoms with E-state index in [1.165, 1.54) is 0 Å². The molecule has 1 amide bonds. The van der Waals surface area contributed by atoms with Gasteiger partial charge < -0.3 is 30.7 Å². The lowest BCUT2D eigenvalue weighted by molar-refractivity contribution is -0.116. The number of primary amides is 1. The zero-order chi connectivity index (χ0) is 20.5. The van der Waals surface area contributed by atoms with Gasteiger partial charge in [-0.1, -0.05) is 0 Å². The lowest BCUT2D eigenvalue weighted by Gasteiger charge is -2.37. The summed E-state index contributed by atoms with van der Waals surface area (Å²) in [5, 5.41) is 0. The standard InChI is InChI=1S/C17H32N8O3/c1-13(2)24-5-7-25(8-6-24)16-20-15(23(3)12-14(19)26)21-17(22-16)28-11-10-27-9-4-18/h13H,4-12,18H2,1-3H3,(H2,19,26). The highest BCUT2D eigenvalue weighted by Gasteiger charge is 2.23. The third kappa shape index (κ3) is 6.73. The van der Waals surface area contributed by atoms with E-state index in [1.54, 1.807) is 11.9 Å². The normalized spacial score (nSPS) is 15.1. The number of aromatic nitrogens is 3. The number of hydrogen-bond acceptors (Lipinski definition) is 10. The lowest BCUT2D eigenvalue weighted by Crippen LogP contribution is -2.49. The maximum absolute atomic E-state index is 11.3. The van der Waals surface area contributed by atoms with Crippen molar-refractivity contribution in [1.29, 1.82) is 0 Å². The van der Waals surface area contributed by atoms with Crippen LogP contribution in [-0.2, 0) is 9.53 Å². The molecule has 0 aromatic carbocycles. The fourth-order valence-corrected chi connectivity index (χ4v) is 2.83. The van der Waals surface area contributed by atoms with Crippen molar-refractivity contribution < 1.29 is 14.3 Å². The first-order valence-corrected chi connectivity index (χ1v) is 9.55. The smallest absolute Gasteiger partial charge is 0.323 e. The van der Waals surface area contributed by atoms with E-state index in [2.05, 4.69) is 38.6 Å². The van der Waals surface area contributed by atoms with E-state index < -0.39 is 5.91 Å². The van der Waals surface area contributed by atoms with Gasteiger partial charge in [-0.3, -0.25) is 9.69 Å². The molecule has 158 valence electrons. The van der Waals surface area contributed by atoms with E-state index in [-0.39, 0.29) is 12.6 Å². The monoisotopic (exact) mass is 396 g/mol. The number of nitrogens with zero attached hydrogens (tertiary/aromatic N) is 6. The van der Waals surface area contributed by atoms with Gasteiger partial charge >= 0.3 is 6.01 Å². The van der Waals surface area contributed by atoms with E-state index in [0.29, 0.717) is 44.3 Å². The molecule has 11 nitrogen and oxygen atoms in total. The topological polar surface area (TPSA) is 136 Å². The number of nitrogens with two attached hydrogens (primary N) is 2. The fraction of sp³-hybridized carbons (Fsp3) is 0.765. The van der Waals surface area contributed by atoms with Crippen molar-refractivity contribution in [2.24, 2.45) is 11.5 Å². The van der Waals surface area contributed by atoms with Crippen LogP contribution in [0.2, 0.25) is 0 Å². The molecule has 11 heteroatoms. The van der Waals surface area contributed by atoms with Gasteiger partial charge in [-0.2, -0.15) is 15.0 Å². The predicted molar refractivity (Wildman–Crippen MR) is 107 cm³/mol. The highest BCUT2D eigenvalue weighted by molar-refractivity contribution is 5.78. The lowest BCUT2D eigenvalue weighted by atomic mass is 10.2. The average molecular weight is 396 g/mol. The third-order valence-electron chi connectivity index (χ3n) is 4.37. The van der Waals surface area contributed by atoms with Crippen LogP contribution in [0.3, 0.4) is 0 Å². The molecule has 1 fully saturated rings. The fourth-order valence-electron chi connectivity index (χ4n) is 2.83. The molecular formula is C17H32N8O3. The minimum atomic E-state index is -0.465. The van der Waals surface area contributed by atoms with E-state index in [9.17, 15) is 4.79 Å². The first-order valence-electron chi connectivity index (χ1n) is 9.55. The maximum atomic E-state index is 11.3. The minimum absolute atomic E-state index is 0.00360. The van der Waals surface area contributed by atoms with Gasteiger partial charge in [0.2, 0.25) is 17.8 Å². The summed E-state index contributed by atoms with van der Waals surface area (Å²) in [5.41, 5.74) is 10.7. The molecule has 0 aliphatic carbocycles. The van der Waals surface area contributed by atoms with Crippen LogP contribution in [-0.4, -0.2) is 97.9 Å².